The normalized spacial score (nSPS) is 13.6. The number of hydrogen-bond donors (Lipinski definition) is 0. The maximum atomic E-state index is 11.3. The minimum atomic E-state index is -4.15. The van der Waals surface area contributed by atoms with Crippen LogP contribution in [-0.4, -0.2) is 6.18 Å². The Morgan fingerprint density at radius 1 is 1.22 bits per heavy atom. The highest BCUT2D eigenvalue weighted by Gasteiger charge is 2.21. The summed E-state index contributed by atoms with van der Waals surface area (Å²) in [7, 11) is 0. The highest BCUT2D eigenvalue weighted by molar-refractivity contribution is 4.90. The molecular weight excluding hydrogens is 129 g/mol. The Morgan fingerprint density at radius 3 is 1.78 bits per heavy atom. The number of alkyl halides is 3. The third-order valence-electron chi connectivity index (χ3n) is 0.670. The van der Waals surface area contributed by atoms with Gasteiger partial charge < -0.3 is 0 Å². The second-order valence-electron chi connectivity index (χ2n) is 2.14. The lowest BCUT2D eigenvalue weighted by Gasteiger charge is -1.98. The van der Waals surface area contributed by atoms with Crippen molar-refractivity contribution in [3.8, 4) is 0 Å². The third kappa shape index (κ3) is 7.53. The molecular formula is C6H9F3. The van der Waals surface area contributed by atoms with Crippen molar-refractivity contribution in [2.75, 3.05) is 0 Å². The van der Waals surface area contributed by atoms with Crippen molar-refractivity contribution in [1.29, 1.82) is 0 Å². The van der Waals surface area contributed by atoms with Crippen molar-refractivity contribution in [2.24, 2.45) is 5.92 Å². The Labute approximate surface area is 52.4 Å². The molecule has 9 heavy (non-hydrogen) atoms. The van der Waals surface area contributed by atoms with Gasteiger partial charge in [0.2, 0.25) is 0 Å². The van der Waals surface area contributed by atoms with Gasteiger partial charge >= 0.3 is 6.18 Å². The minimum absolute atomic E-state index is 0.0355. The zero-order chi connectivity index (χ0) is 7.49. The lowest BCUT2D eigenvalue weighted by Crippen LogP contribution is -2.01. The van der Waals surface area contributed by atoms with Gasteiger partial charge in [-0.05, 0) is 5.92 Å². The first-order chi connectivity index (χ1) is 3.92. The molecule has 3 heteroatoms. The maximum absolute atomic E-state index is 11.3. The number of hydrogen-bond acceptors (Lipinski definition) is 0. The first-order valence-corrected chi connectivity index (χ1v) is 2.68. The fourth-order valence-corrected chi connectivity index (χ4v) is 0.302. The Kier molecular flexibility index (Phi) is 2.74. The van der Waals surface area contributed by atoms with Crippen molar-refractivity contribution < 1.29 is 13.2 Å². The van der Waals surface area contributed by atoms with Gasteiger partial charge in [-0.1, -0.05) is 19.9 Å². The van der Waals surface area contributed by atoms with Gasteiger partial charge in [-0.15, -0.1) is 0 Å². The zero-order valence-electron chi connectivity index (χ0n) is 5.37. The van der Waals surface area contributed by atoms with E-state index in [4.69, 9.17) is 0 Å². The van der Waals surface area contributed by atoms with E-state index >= 15 is 0 Å². The van der Waals surface area contributed by atoms with Gasteiger partial charge in [0.1, 0.15) is 0 Å². The molecule has 0 aliphatic carbocycles. The highest BCUT2D eigenvalue weighted by atomic mass is 19.4. The summed E-state index contributed by atoms with van der Waals surface area (Å²) in [4.78, 5) is 0. The molecule has 0 atom stereocenters. The second-order valence-corrected chi connectivity index (χ2v) is 2.14. The molecule has 0 unspecified atom stereocenters. The molecule has 0 rings (SSSR count). The molecule has 0 fully saturated rings. The summed E-state index contributed by atoms with van der Waals surface area (Å²) in [5.41, 5.74) is 0. The fourth-order valence-electron chi connectivity index (χ4n) is 0.302. The molecule has 54 valence electrons. The van der Waals surface area contributed by atoms with E-state index in [0.717, 1.165) is 6.08 Å². The van der Waals surface area contributed by atoms with E-state index in [0.29, 0.717) is 0 Å². The monoisotopic (exact) mass is 138 g/mol. The molecule has 0 saturated heterocycles. The van der Waals surface area contributed by atoms with Crippen LogP contribution < -0.4 is 0 Å². The molecule has 0 spiro atoms. The zero-order valence-corrected chi connectivity index (χ0v) is 5.37. The smallest absolute Gasteiger partial charge is 0.167 e. The first kappa shape index (κ1) is 8.53. The molecule has 0 aromatic heterocycles. The minimum Gasteiger partial charge on any atom is -0.167 e. The first-order valence-electron chi connectivity index (χ1n) is 2.68. The molecule has 0 bridgehead atoms. The van der Waals surface area contributed by atoms with Crippen LogP contribution >= 0.6 is 0 Å². The molecule has 0 aromatic carbocycles. The van der Waals surface area contributed by atoms with E-state index in [2.05, 4.69) is 0 Å². The average Bonchev–Trinajstić information content (AvgIpc) is 1.59. The Bertz CT molecular complexity index is 99.4. The van der Waals surface area contributed by atoms with E-state index in [9.17, 15) is 13.2 Å². The van der Waals surface area contributed by atoms with E-state index < -0.39 is 6.18 Å². The summed E-state index contributed by atoms with van der Waals surface area (Å²) in [5, 5.41) is 0. The van der Waals surface area contributed by atoms with Crippen LogP contribution in [0.25, 0.3) is 0 Å². The van der Waals surface area contributed by atoms with Crippen LogP contribution in [0.4, 0.5) is 13.2 Å². The summed E-state index contributed by atoms with van der Waals surface area (Å²) in [6.45, 7) is 3.39. The summed E-state index contributed by atoms with van der Waals surface area (Å²) >= 11 is 0. The van der Waals surface area contributed by atoms with Gasteiger partial charge in [0.15, 0.2) is 0 Å². The van der Waals surface area contributed by atoms with E-state index in [1.165, 1.54) is 0 Å². The summed E-state index contributed by atoms with van der Waals surface area (Å²) < 4.78 is 34.0. The molecule has 0 radical (unpaired) electrons. The molecule has 0 nitrogen and oxygen atoms in total. The van der Waals surface area contributed by atoms with Crippen molar-refractivity contribution in [3.05, 3.63) is 12.2 Å². The molecule has 0 N–H and O–H groups in total. The SMILES string of the molecule is CC(C)/C=C\C(F)(F)F. The molecule has 0 saturated carbocycles. The van der Waals surface area contributed by atoms with E-state index in [-0.39, 0.29) is 12.0 Å². The number of allylic oxidation sites excluding steroid dienone is 2. The van der Waals surface area contributed by atoms with Crippen LogP contribution in [-0.2, 0) is 0 Å². The lowest BCUT2D eigenvalue weighted by atomic mass is 10.2. The van der Waals surface area contributed by atoms with Crippen molar-refractivity contribution in [1.82, 2.24) is 0 Å². The largest absolute Gasteiger partial charge is 0.409 e. The van der Waals surface area contributed by atoms with Crippen LogP contribution in [0.5, 0.6) is 0 Å². The standard InChI is InChI=1S/C6H9F3/c1-5(2)3-4-6(7,8)9/h3-5H,1-2H3/b4-3-. The number of rotatable bonds is 1. The average molecular weight is 138 g/mol. The van der Waals surface area contributed by atoms with Gasteiger partial charge in [0.05, 0.1) is 0 Å². The van der Waals surface area contributed by atoms with Crippen molar-refractivity contribution >= 4 is 0 Å². The molecule has 0 aliphatic heterocycles. The summed E-state index contributed by atoms with van der Waals surface area (Å²) in [6, 6.07) is 0. The van der Waals surface area contributed by atoms with Crippen LogP contribution in [0.3, 0.4) is 0 Å². The van der Waals surface area contributed by atoms with Gasteiger partial charge in [-0.25, -0.2) is 0 Å². The van der Waals surface area contributed by atoms with Crippen LogP contribution in [0.15, 0.2) is 12.2 Å². The summed E-state index contributed by atoms with van der Waals surface area (Å²) in [6.07, 6.45) is -2.76. The van der Waals surface area contributed by atoms with Crippen LogP contribution in [0, 0.1) is 5.92 Å². The molecule has 0 amide bonds. The molecule has 0 heterocycles. The van der Waals surface area contributed by atoms with E-state index in [1.54, 1.807) is 13.8 Å². The van der Waals surface area contributed by atoms with Crippen LogP contribution in [0.1, 0.15) is 13.8 Å². The quantitative estimate of drug-likeness (QED) is 0.489. The second kappa shape index (κ2) is 2.90. The highest BCUT2D eigenvalue weighted by Crippen LogP contribution is 2.16. The van der Waals surface area contributed by atoms with E-state index in [1.807, 2.05) is 0 Å². The number of halogens is 3. The van der Waals surface area contributed by atoms with Gasteiger partial charge in [-0.3, -0.25) is 0 Å². The topological polar surface area (TPSA) is 0 Å². The third-order valence-corrected chi connectivity index (χ3v) is 0.670. The van der Waals surface area contributed by atoms with Crippen molar-refractivity contribution in [2.45, 2.75) is 20.0 Å². The molecule has 0 aliphatic rings. The maximum Gasteiger partial charge on any atom is 0.409 e. The predicted molar refractivity (Wildman–Crippen MR) is 30.0 cm³/mol. The van der Waals surface area contributed by atoms with Gasteiger partial charge in [0.25, 0.3) is 0 Å². The Hall–Kier alpha value is -0.470. The summed E-state index contributed by atoms with van der Waals surface area (Å²) in [5.74, 6) is -0.0355. The predicted octanol–water partition coefficient (Wildman–Crippen LogP) is 2.76. The fraction of sp³-hybridized carbons (Fsp3) is 0.667. The lowest BCUT2D eigenvalue weighted by molar-refractivity contribution is -0.0802. The Balaban J connectivity index is 3.71. The van der Waals surface area contributed by atoms with Gasteiger partial charge in [-0.2, -0.15) is 13.2 Å². The van der Waals surface area contributed by atoms with Crippen LogP contribution in [0.2, 0.25) is 0 Å². The van der Waals surface area contributed by atoms with Gasteiger partial charge in [0, 0.05) is 6.08 Å². The van der Waals surface area contributed by atoms with Crippen molar-refractivity contribution in [3.63, 3.8) is 0 Å². The Morgan fingerprint density at radius 2 is 1.67 bits per heavy atom. The molecule has 0 aromatic rings.